The Balaban J connectivity index is 1.58. The van der Waals surface area contributed by atoms with Gasteiger partial charge in [-0.25, -0.2) is 4.98 Å². The molecule has 1 aromatic carbocycles. The highest BCUT2D eigenvalue weighted by Crippen LogP contribution is 2.31. The fraction of sp³-hybridized carbons (Fsp3) is 0.391. The zero-order valence-electron chi connectivity index (χ0n) is 19.1. The second kappa shape index (κ2) is 10.9. The number of alkyl halides is 3. The number of pyridine rings is 1. The second-order valence-electron chi connectivity index (χ2n) is 8.01. The molecule has 192 valence electrons. The number of amides is 2. The Morgan fingerprint density at radius 1 is 1.19 bits per heavy atom. The van der Waals surface area contributed by atoms with Gasteiger partial charge in [-0.3, -0.25) is 14.3 Å². The van der Waals surface area contributed by atoms with Gasteiger partial charge < -0.3 is 24.8 Å². The number of carbonyl (C=O) groups is 2. The lowest BCUT2D eigenvalue weighted by molar-refractivity contribution is -0.141. The molecular weight excluding hydrogens is 483 g/mol. The first kappa shape index (κ1) is 25.4. The maximum absolute atomic E-state index is 13.0. The van der Waals surface area contributed by atoms with Crippen molar-refractivity contribution in [2.45, 2.75) is 19.1 Å². The molecule has 4 rings (SSSR count). The molecule has 13 heteroatoms. The number of hydrogen-bond acceptors (Lipinski definition) is 7. The topological polar surface area (TPSA) is 119 Å². The van der Waals surface area contributed by atoms with Crippen LogP contribution in [0.4, 0.5) is 18.9 Å². The van der Waals surface area contributed by atoms with Crippen LogP contribution in [0, 0.1) is 0 Å². The van der Waals surface area contributed by atoms with Crippen LogP contribution >= 0.6 is 0 Å². The van der Waals surface area contributed by atoms with Gasteiger partial charge in [-0.05, 0) is 18.2 Å². The van der Waals surface area contributed by atoms with Crippen LogP contribution in [0.15, 0.2) is 36.5 Å². The van der Waals surface area contributed by atoms with E-state index < -0.39 is 23.5 Å². The standard InChI is InChI=1S/C23H24F3N5O5/c24-23(25,26)20-4-1-3-16(27-20)22(34)28-18-11-15-13-31(14-21(33)30-5-9-35-10-6-30)29-17(15)12-19(18)36-8-2-7-32/h1,3-4,11-13,32H,2,5-10,14H2,(H,28,34). The van der Waals surface area contributed by atoms with Gasteiger partial charge in [0.15, 0.2) is 0 Å². The average molecular weight is 507 g/mol. The van der Waals surface area contributed by atoms with Crippen LogP contribution < -0.4 is 10.1 Å². The molecule has 0 saturated carbocycles. The Bertz CT molecular complexity index is 1240. The molecule has 3 aromatic rings. The number of benzene rings is 1. The second-order valence-corrected chi connectivity index (χ2v) is 8.01. The van der Waals surface area contributed by atoms with E-state index in [9.17, 15) is 22.8 Å². The monoisotopic (exact) mass is 507 g/mol. The van der Waals surface area contributed by atoms with Gasteiger partial charge in [-0.2, -0.15) is 18.3 Å². The molecule has 1 aliphatic rings. The van der Waals surface area contributed by atoms with E-state index >= 15 is 0 Å². The lowest BCUT2D eigenvalue weighted by atomic mass is 10.2. The predicted molar refractivity (Wildman–Crippen MR) is 122 cm³/mol. The Kier molecular flexibility index (Phi) is 7.70. The van der Waals surface area contributed by atoms with Crippen molar-refractivity contribution in [3.05, 3.63) is 47.9 Å². The van der Waals surface area contributed by atoms with E-state index in [1.165, 1.54) is 10.7 Å². The predicted octanol–water partition coefficient (Wildman–Crippen LogP) is 2.32. The third-order valence-electron chi connectivity index (χ3n) is 5.39. The minimum atomic E-state index is -4.69. The van der Waals surface area contributed by atoms with Gasteiger partial charge in [0.05, 0.1) is 31.0 Å². The van der Waals surface area contributed by atoms with Crippen LogP contribution in [0.25, 0.3) is 10.9 Å². The smallest absolute Gasteiger partial charge is 0.433 e. The van der Waals surface area contributed by atoms with E-state index in [1.807, 2.05) is 0 Å². The summed E-state index contributed by atoms with van der Waals surface area (Å²) in [4.78, 5) is 30.4. The van der Waals surface area contributed by atoms with Crippen molar-refractivity contribution >= 4 is 28.4 Å². The molecule has 2 N–H and O–H groups in total. The highest BCUT2D eigenvalue weighted by molar-refractivity contribution is 6.05. The number of nitrogens with one attached hydrogen (secondary N) is 1. The number of rotatable bonds is 8. The number of fused-ring (bicyclic) bond motifs is 1. The molecule has 1 saturated heterocycles. The summed E-state index contributed by atoms with van der Waals surface area (Å²) in [5.74, 6) is -0.766. The summed E-state index contributed by atoms with van der Waals surface area (Å²) in [5, 5.41) is 16.6. The molecular formula is C23H24F3N5O5. The van der Waals surface area contributed by atoms with Gasteiger partial charge >= 0.3 is 6.18 Å². The summed E-state index contributed by atoms with van der Waals surface area (Å²) in [6.45, 7) is 1.98. The molecule has 3 heterocycles. The Morgan fingerprint density at radius 2 is 1.97 bits per heavy atom. The molecule has 0 atom stereocenters. The van der Waals surface area contributed by atoms with Crippen molar-refractivity contribution in [2.75, 3.05) is 44.8 Å². The number of anilines is 1. The Hall–Kier alpha value is -3.71. The summed E-state index contributed by atoms with van der Waals surface area (Å²) in [6.07, 6.45) is -2.74. The number of nitrogens with zero attached hydrogens (tertiary/aromatic N) is 4. The minimum absolute atomic E-state index is 0.00519. The lowest BCUT2D eigenvalue weighted by Crippen LogP contribution is -2.42. The van der Waals surface area contributed by atoms with Crippen LogP contribution in [0.1, 0.15) is 22.6 Å². The van der Waals surface area contributed by atoms with Crippen LogP contribution in [-0.4, -0.2) is 76.1 Å². The van der Waals surface area contributed by atoms with Crippen molar-refractivity contribution in [3.8, 4) is 5.75 Å². The first-order valence-electron chi connectivity index (χ1n) is 11.2. The number of ether oxygens (including phenoxy) is 2. The van der Waals surface area contributed by atoms with Gasteiger partial charge in [0.25, 0.3) is 5.91 Å². The van der Waals surface area contributed by atoms with Gasteiger partial charge in [0.1, 0.15) is 23.7 Å². The highest BCUT2D eigenvalue weighted by Gasteiger charge is 2.33. The summed E-state index contributed by atoms with van der Waals surface area (Å²) in [7, 11) is 0. The van der Waals surface area contributed by atoms with Crippen molar-refractivity contribution in [1.82, 2.24) is 19.7 Å². The minimum Gasteiger partial charge on any atom is -0.491 e. The number of aliphatic hydroxyl groups excluding tert-OH is 1. The molecule has 0 aliphatic carbocycles. The molecule has 1 fully saturated rings. The normalized spacial score (nSPS) is 14.2. The average Bonchev–Trinajstić information content (AvgIpc) is 3.25. The van der Waals surface area contributed by atoms with Crippen LogP contribution in [0.3, 0.4) is 0 Å². The molecule has 36 heavy (non-hydrogen) atoms. The third kappa shape index (κ3) is 6.10. The number of morpholine rings is 1. The number of carbonyl (C=O) groups excluding carboxylic acids is 2. The zero-order chi connectivity index (χ0) is 25.7. The molecule has 0 unspecified atom stereocenters. The van der Waals surface area contributed by atoms with E-state index in [1.54, 1.807) is 23.2 Å². The Labute approximate surface area is 203 Å². The lowest BCUT2D eigenvalue weighted by Gasteiger charge is -2.26. The van der Waals surface area contributed by atoms with Crippen LogP contribution in [-0.2, 0) is 22.3 Å². The van der Waals surface area contributed by atoms with Crippen LogP contribution in [0.5, 0.6) is 5.75 Å². The fourth-order valence-corrected chi connectivity index (χ4v) is 3.61. The van der Waals surface area contributed by atoms with E-state index in [-0.39, 0.29) is 37.1 Å². The quantitative estimate of drug-likeness (QED) is 0.449. The highest BCUT2D eigenvalue weighted by atomic mass is 19.4. The zero-order valence-corrected chi connectivity index (χ0v) is 19.1. The van der Waals surface area contributed by atoms with Gasteiger partial charge in [0, 0.05) is 43.8 Å². The van der Waals surface area contributed by atoms with Crippen molar-refractivity contribution in [3.63, 3.8) is 0 Å². The molecule has 1 aliphatic heterocycles. The number of hydrogen-bond donors (Lipinski definition) is 2. The summed E-state index contributed by atoms with van der Waals surface area (Å²) in [6, 6.07) is 6.15. The molecule has 2 aromatic heterocycles. The molecule has 2 amide bonds. The maximum Gasteiger partial charge on any atom is 0.433 e. The van der Waals surface area contributed by atoms with E-state index in [4.69, 9.17) is 14.6 Å². The van der Waals surface area contributed by atoms with Crippen molar-refractivity contribution in [1.29, 1.82) is 0 Å². The van der Waals surface area contributed by atoms with E-state index in [2.05, 4.69) is 15.4 Å². The molecule has 0 spiro atoms. The summed E-state index contributed by atoms with van der Waals surface area (Å²) in [5.41, 5.74) is -0.933. The van der Waals surface area contributed by atoms with Gasteiger partial charge in [-0.15, -0.1) is 0 Å². The first-order chi connectivity index (χ1) is 17.2. The number of halogens is 3. The number of aliphatic hydroxyl groups is 1. The maximum atomic E-state index is 13.0. The molecule has 0 radical (unpaired) electrons. The van der Waals surface area contributed by atoms with Crippen LogP contribution in [0.2, 0.25) is 0 Å². The molecule has 10 nitrogen and oxygen atoms in total. The largest absolute Gasteiger partial charge is 0.491 e. The van der Waals surface area contributed by atoms with Gasteiger partial charge in [-0.1, -0.05) is 6.07 Å². The van der Waals surface area contributed by atoms with Gasteiger partial charge in [0.2, 0.25) is 5.91 Å². The van der Waals surface area contributed by atoms with E-state index in [0.29, 0.717) is 43.6 Å². The SMILES string of the molecule is O=C(Nc1cc2cn(CC(=O)N3CCOCC3)nc2cc1OCCCO)c1cccc(C(F)(F)F)n1. The molecule has 0 bridgehead atoms. The number of aromatic nitrogens is 3. The summed E-state index contributed by atoms with van der Waals surface area (Å²) >= 11 is 0. The first-order valence-corrected chi connectivity index (χ1v) is 11.2. The third-order valence-corrected chi connectivity index (χ3v) is 5.39. The summed E-state index contributed by atoms with van der Waals surface area (Å²) < 4.78 is 51.4. The fourth-order valence-electron chi connectivity index (χ4n) is 3.61. The van der Waals surface area contributed by atoms with Crippen molar-refractivity contribution in [2.24, 2.45) is 0 Å². The van der Waals surface area contributed by atoms with Crippen molar-refractivity contribution < 1.29 is 37.3 Å². The van der Waals surface area contributed by atoms with E-state index in [0.717, 1.165) is 12.1 Å². The Morgan fingerprint density at radius 3 is 2.69 bits per heavy atom.